The summed E-state index contributed by atoms with van der Waals surface area (Å²) in [5.74, 6) is -0.0623. The van der Waals surface area contributed by atoms with Crippen LogP contribution in [0.25, 0.3) is 0 Å². The zero-order valence-corrected chi connectivity index (χ0v) is 12.5. The fourth-order valence-corrected chi connectivity index (χ4v) is 2.21. The van der Waals surface area contributed by atoms with Crippen molar-refractivity contribution in [3.05, 3.63) is 62.7 Å². The number of rotatable bonds is 2. The second kappa shape index (κ2) is 5.52. The molecule has 92 valence electrons. The maximum atomic E-state index is 12.1. The topological polar surface area (TPSA) is 29.1 Å². The fourth-order valence-electron chi connectivity index (χ4n) is 1.70. The molecule has 0 saturated heterocycles. The quantitative estimate of drug-likeness (QED) is 0.809. The van der Waals surface area contributed by atoms with Crippen LogP contribution in [-0.2, 0) is 0 Å². The van der Waals surface area contributed by atoms with Crippen molar-refractivity contribution in [1.29, 1.82) is 0 Å². The molecule has 0 bridgehead atoms. The molecule has 2 aromatic carbocycles. The van der Waals surface area contributed by atoms with Crippen molar-refractivity contribution >= 4 is 34.2 Å². The molecule has 0 aliphatic carbocycles. The van der Waals surface area contributed by atoms with Crippen LogP contribution in [0.4, 0.5) is 5.69 Å². The van der Waals surface area contributed by atoms with Crippen molar-refractivity contribution in [2.24, 2.45) is 0 Å². The Kier molecular flexibility index (Phi) is 4.01. The molecule has 0 fully saturated rings. The molecule has 0 aliphatic heterocycles. The van der Waals surface area contributed by atoms with E-state index in [-0.39, 0.29) is 5.91 Å². The van der Waals surface area contributed by atoms with Gasteiger partial charge in [0, 0.05) is 14.8 Å². The number of anilines is 1. The lowest BCUT2D eigenvalue weighted by Crippen LogP contribution is -2.13. The second-order valence-corrected chi connectivity index (χ2v) is 5.40. The first-order valence-electron chi connectivity index (χ1n) is 5.71. The van der Waals surface area contributed by atoms with Gasteiger partial charge in [-0.25, -0.2) is 0 Å². The predicted octanol–water partition coefficient (Wildman–Crippen LogP) is 4.16. The smallest absolute Gasteiger partial charge is 0.255 e. The molecule has 1 amide bonds. The standard InChI is InChI=1S/C15H14INO/c1-10-5-3-4-6-13(10)15(18)17-12-8-7-11(2)14(16)9-12/h3-9H,1-2H3,(H,17,18). The maximum Gasteiger partial charge on any atom is 0.255 e. The van der Waals surface area contributed by atoms with Gasteiger partial charge in [0.1, 0.15) is 0 Å². The normalized spacial score (nSPS) is 10.2. The zero-order valence-electron chi connectivity index (χ0n) is 10.3. The highest BCUT2D eigenvalue weighted by molar-refractivity contribution is 14.1. The van der Waals surface area contributed by atoms with E-state index >= 15 is 0 Å². The molecule has 0 aliphatic rings. The summed E-state index contributed by atoms with van der Waals surface area (Å²) in [5.41, 5.74) is 3.74. The van der Waals surface area contributed by atoms with E-state index in [9.17, 15) is 4.79 Å². The van der Waals surface area contributed by atoms with E-state index in [0.29, 0.717) is 5.56 Å². The van der Waals surface area contributed by atoms with E-state index in [4.69, 9.17) is 0 Å². The lowest BCUT2D eigenvalue weighted by atomic mass is 10.1. The van der Waals surface area contributed by atoms with Crippen LogP contribution < -0.4 is 5.32 Å². The highest BCUT2D eigenvalue weighted by Gasteiger charge is 2.08. The van der Waals surface area contributed by atoms with Crippen LogP contribution in [0.5, 0.6) is 0 Å². The number of carbonyl (C=O) groups is 1. The van der Waals surface area contributed by atoms with Gasteiger partial charge in [0.2, 0.25) is 0 Å². The van der Waals surface area contributed by atoms with Gasteiger partial charge in [0.15, 0.2) is 0 Å². The predicted molar refractivity (Wildman–Crippen MR) is 83.0 cm³/mol. The van der Waals surface area contributed by atoms with Crippen molar-refractivity contribution in [1.82, 2.24) is 0 Å². The van der Waals surface area contributed by atoms with Gasteiger partial charge in [-0.15, -0.1) is 0 Å². The summed E-state index contributed by atoms with van der Waals surface area (Å²) in [6.45, 7) is 3.99. The Morgan fingerprint density at radius 2 is 1.78 bits per heavy atom. The van der Waals surface area contributed by atoms with Crippen molar-refractivity contribution in [3.63, 3.8) is 0 Å². The molecular formula is C15H14INO. The molecule has 0 saturated carbocycles. The molecule has 3 heteroatoms. The van der Waals surface area contributed by atoms with Crippen molar-refractivity contribution in [2.75, 3.05) is 5.32 Å². The molecule has 18 heavy (non-hydrogen) atoms. The molecule has 0 unspecified atom stereocenters. The van der Waals surface area contributed by atoms with E-state index < -0.39 is 0 Å². The fraction of sp³-hybridized carbons (Fsp3) is 0.133. The number of amides is 1. The highest BCUT2D eigenvalue weighted by Crippen LogP contribution is 2.18. The highest BCUT2D eigenvalue weighted by atomic mass is 127. The first-order valence-corrected chi connectivity index (χ1v) is 6.79. The molecule has 2 nitrogen and oxygen atoms in total. The average molecular weight is 351 g/mol. The molecule has 2 rings (SSSR count). The molecule has 0 spiro atoms. The molecule has 0 aromatic heterocycles. The number of nitrogens with one attached hydrogen (secondary N) is 1. The van der Waals surface area contributed by atoms with Crippen LogP contribution in [-0.4, -0.2) is 5.91 Å². The Morgan fingerprint density at radius 3 is 2.44 bits per heavy atom. The third-order valence-corrected chi connectivity index (χ3v) is 3.98. The van der Waals surface area contributed by atoms with E-state index in [1.165, 1.54) is 5.56 Å². The Labute approximate surface area is 121 Å². The van der Waals surface area contributed by atoms with Crippen molar-refractivity contribution in [2.45, 2.75) is 13.8 Å². The van der Waals surface area contributed by atoms with E-state index in [1.807, 2.05) is 49.4 Å². The number of benzene rings is 2. The Morgan fingerprint density at radius 1 is 1.06 bits per heavy atom. The van der Waals surface area contributed by atoms with Gasteiger partial charge in [-0.1, -0.05) is 24.3 Å². The zero-order chi connectivity index (χ0) is 13.1. The van der Waals surface area contributed by atoms with Gasteiger partial charge in [-0.2, -0.15) is 0 Å². The molecule has 1 N–H and O–H groups in total. The summed E-state index contributed by atoms with van der Waals surface area (Å²) >= 11 is 2.27. The van der Waals surface area contributed by atoms with Crippen LogP contribution in [0.2, 0.25) is 0 Å². The number of hydrogen-bond acceptors (Lipinski definition) is 1. The van der Waals surface area contributed by atoms with Crippen LogP contribution in [0.15, 0.2) is 42.5 Å². The van der Waals surface area contributed by atoms with Gasteiger partial charge >= 0.3 is 0 Å². The largest absolute Gasteiger partial charge is 0.322 e. The van der Waals surface area contributed by atoms with Crippen LogP contribution >= 0.6 is 22.6 Å². The SMILES string of the molecule is Cc1ccc(NC(=O)c2ccccc2C)cc1I. The third-order valence-electron chi connectivity index (χ3n) is 2.82. The molecule has 0 heterocycles. The Bertz CT molecular complexity index is 593. The van der Waals surface area contributed by atoms with Crippen molar-refractivity contribution < 1.29 is 4.79 Å². The molecule has 0 atom stereocenters. The van der Waals surface area contributed by atoms with E-state index in [1.54, 1.807) is 0 Å². The van der Waals surface area contributed by atoms with E-state index in [0.717, 1.165) is 14.8 Å². The first kappa shape index (κ1) is 13.1. The van der Waals surface area contributed by atoms with E-state index in [2.05, 4.69) is 34.8 Å². The maximum absolute atomic E-state index is 12.1. The average Bonchev–Trinajstić information content (AvgIpc) is 2.34. The second-order valence-electron chi connectivity index (χ2n) is 4.23. The van der Waals surface area contributed by atoms with Crippen LogP contribution in [0, 0.1) is 17.4 Å². The molecule has 0 radical (unpaired) electrons. The minimum Gasteiger partial charge on any atom is -0.322 e. The van der Waals surface area contributed by atoms with Gasteiger partial charge in [0.25, 0.3) is 5.91 Å². The van der Waals surface area contributed by atoms with Gasteiger partial charge in [-0.3, -0.25) is 4.79 Å². The van der Waals surface area contributed by atoms with Gasteiger partial charge < -0.3 is 5.32 Å². The first-order chi connectivity index (χ1) is 8.58. The summed E-state index contributed by atoms with van der Waals surface area (Å²) in [6, 6.07) is 13.5. The number of aryl methyl sites for hydroxylation is 2. The summed E-state index contributed by atoms with van der Waals surface area (Å²) in [5, 5.41) is 2.92. The number of halogens is 1. The monoisotopic (exact) mass is 351 g/mol. The van der Waals surface area contributed by atoms with Gasteiger partial charge in [0.05, 0.1) is 0 Å². The van der Waals surface area contributed by atoms with Gasteiger partial charge in [-0.05, 0) is 65.8 Å². The molecular weight excluding hydrogens is 337 g/mol. The summed E-state index contributed by atoms with van der Waals surface area (Å²) < 4.78 is 1.15. The third kappa shape index (κ3) is 2.90. The van der Waals surface area contributed by atoms with Crippen molar-refractivity contribution in [3.8, 4) is 0 Å². The summed E-state index contributed by atoms with van der Waals surface area (Å²) in [7, 11) is 0. The van der Waals surface area contributed by atoms with Crippen LogP contribution in [0.1, 0.15) is 21.5 Å². The lowest BCUT2D eigenvalue weighted by molar-refractivity contribution is 0.102. The Hall–Kier alpha value is -1.36. The minimum atomic E-state index is -0.0623. The number of hydrogen-bond donors (Lipinski definition) is 1. The number of carbonyl (C=O) groups excluding carboxylic acids is 1. The Balaban J connectivity index is 2.22. The summed E-state index contributed by atoms with van der Waals surface area (Å²) in [4.78, 5) is 12.1. The van der Waals surface area contributed by atoms with Crippen LogP contribution in [0.3, 0.4) is 0 Å². The summed E-state index contributed by atoms with van der Waals surface area (Å²) in [6.07, 6.45) is 0. The minimum absolute atomic E-state index is 0.0623. The molecule has 2 aromatic rings. The lowest BCUT2D eigenvalue weighted by Gasteiger charge is -2.08.